The maximum atomic E-state index is 13.2. The van der Waals surface area contributed by atoms with Gasteiger partial charge >= 0.3 is 5.97 Å². The number of carbonyl (C=O) groups is 1. The topological polar surface area (TPSA) is 63.3 Å². The average molecular weight is 364 g/mol. The molecule has 0 spiro atoms. The van der Waals surface area contributed by atoms with Crippen LogP contribution >= 0.6 is 23.4 Å². The van der Waals surface area contributed by atoms with Crippen molar-refractivity contribution in [1.82, 2.24) is 4.98 Å². The van der Waals surface area contributed by atoms with Gasteiger partial charge < -0.3 is 9.52 Å². The molecular weight excluding hydrogens is 353 g/mol. The molecule has 0 bridgehead atoms. The van der Waals surface area contributed by atoms with E-state index in [1.807, 2.05) is 0 Å². The van der Waals surface area contributed by atoms with E-state index in [-0.39, 0.29) is 16.8 Å². The molecule has 1 heterocycles. The van der Waals surface area contributed by atoms with E-state index >= 15 is 0 Å². The quantitative estimate of drug-likeness (QED) is 0.648. The van der Waals surface area contributed by atoms with E-state index in [0.717, 1.165) is 17.3 Å². The van der Waals surface area contributed by atoms with E-state index < -0.39 is 5.97 Å². The van der Waals surface area contributed by atoms with Crippen molar-refractivity contribution < 1.29 is 18.7 Å². The smallest absolute Gasteiger partial charge is 0.314 e. The summed E-state index contributed by atoms with van der Waals surface area (Å²) in [5.41, 5.74) is 1.94. The highest BCUT2D eigenvalue weighted by Gasteiger charge is 2.18. The molecule has 7 heteroatoms. The summed E-state index contributed by atoms with van der Waals surface area (Å²) in [5.74, 6) is -1.000. The second-order valence-corrected chi connectivity index (χ2v) is 6.22. The Bertz CT molecular complexity index is 800. The first-order valence-electron chi connectivity index (χ1n) is 6.90. The monoisotopic (exact) mass is 363 g/mol. The van der Waals surface area contributed by atoms with Crippen molar-refractivity contribution in [3.63, 3.8) is 0 Å². The van der Waals surface area contributed by atoms with E-state index in [1.165, 1.54) is 12.1 Å². The van der Waals surface area contributed by atoms with Gasteiger partial charge in [0.25, 0.3) is 5.22 Å². The summed E-state index contributed by atoms with van der Waals surface area (Å²) in [6.07, 6.45) is 0. The minimum Gasteiger partial charge on any atom is -0.481 e. The summed E-state index contributed by atoms with van der Waals surface area (Å²) in [4.78, 5) is 15.1. The van der Waals surface area contributed by atoms with Gasteiger partial charge in [-0.15, -0.1) is 0 Å². The Morgan fingerprint density at radius 2 is 1.75 bits per heavy atom. The molecule has 0 fully saturated rings. The summed E-state index contributed by atoms with van der Waals surface area (Å²) >= 11 is 6.89. The predicted octanol–water partition coefficient (Wildman–Crippen LogP) is 4.98. The molecule has 0 aliphatic rings. The lowest BCUT2D eigenvalue weighted by Gasteiger charge is -2.02. The molecule has 0 radical (unpaired) electrons. The van der Waals surface area contributed by atoms with Crippen molar-refractivity contribution in [1.29, 1.82) is 0 Å². The zero-order valence-corrected chi connectivity index (χ0v) is 13.8. The number of hydrogen-bond acceptors (Lipinski definition) is 4. The molecule has 24 heavy (non-hydrogen) atoms. The number of carboxylic acid groups (broad SMARTS) is 1. The van der Waals surface area contributed by atoms with E-state index in [4.69, 9.17) is 21.1 Å². The van der Waals surface area contributed by atoms with Gasteiger partial charge in [0.2, 0.25) is 0 Å². The van der Waals surface area contributed by atoms with Crippen LogP contribution in [0.1, 0.15) is 0 Å². The van der Waals surface area contributed by atoms with Crippen LogP contribution < -0.4 is 0 Å². The zero-order valence-electron chi connectivity index (χ0n) is 12.2. The number of aromatic nitrogens is 1. The van der Waals surface area contributed by atoms with E-state index in [2.05, 4.69) is 4.98 Å². The molecular formula is C17H11ClFNO3S. The molecule has 122 valence electrons. The first-order chi connectivity index (χ1) is 11.5. The van der Waals surface area contributed by atoms with Crippen LogP contribution in [-0.2, 0) is 4.79 Å². The molecule has 0 amide bonds. The normalized spacial score (nSPS) is 10.8. The van der Waals surface area contributed by atoms with Crippen LogP contribution in [0.5, 0.6) is 0 Å². The number of benzene rings is 2. The maximum Gasteiger partial charge on any atom is 0.314 e. The molecule has 0 atom stereocenters. The number of nitrogens with zero attached hydrogens (tertiary/aromatic N) is 1. The molecule has 3 aromatic rings. The fourth-order valence-corrected chi connectivity index (χ4v) is 2.76. The van der Waals surface area contributed by atoms with E-state index in [1.54, 1.807) is 36.4 Å². The SMILES string of the molecule is O=C(O)CSc1nc(-c2ccc(F)cc2)c(-c2ccc(Cl)cc2)o1. The molecule has 0 aliphatic carbocycles. The van der Waals surface area contributed by atoms with Gasteiger partial charge in [0.15, 0.2) is 5.76 Å². The third-order valence-electron chi connectivity index (χ3n) is 3.15. The third-order valence-corrected chi connectivity index (χ3v) is 4.22. The molecule has 0 saturated carbocycles. The summed E-state index contributed by atoms with van der Waals surface area (Å²) in [6, 6.07) is 12.9. The molecule has 3 rings (SSSR count). The first kappa shape index (κ1) is 16.5. The Kier molecular flexibility index (Phi) is 4.87. The summed E-state index contributed by atoms with van der Waals surface area (Å²) < 4.78 is 18.9. The van der Waals surface area contributed by atoms with Crippen LogP contribution in [0.25, 0.3) is 22.6 Å². The van der Waals surface area contributed by atoms with Gasteiger partial charge in [-0.2, -0.15) is 0 Å². The molecule has 0 saturated heterocycles. The molecule has 0 unspecified atom stereocenters. The molecule has 0 aliphatic heterocycles. The first-order valence-corrected chi connectivity index (χ1v) is 8.26. The van der Waals surface area contributed by atoms with Crippen molar-refractivity contribution in [3.05, 3.63) is 59.4 Å². The Labute approximate surface area is 146 Å². The number of carboxylic acids is 1. The van der Waals surface area contributed by atoms with Gasteiger partial charge in [-0.1, -0.05) is 23.4 Å². The number of oxazole rings is 1. The second kappa shape index (κ2) is 7.07. The van der Waals surface area contributed by atoms with Gasteiger partial charge in [0.05, 0.1) is 0 Å². The third kappa shape index (κ3) is 3.77. The van der Waals surface area contributed by atoms with Gasteiger partial charge in [-0.25, -0.2) is 9.37 Å². The van der Waals surface area contributed by atoms with Crippen molar-refractivity contribution in [3.8, 4) is 22.6 Å². The lowest BCUT2D eigenvalue weighted by Crippen LogP contribution is -1.97. The van der Waals surface area contributed by atoms with Crippen LogP contribution in [0.3, 0.4) is 0 Å². The largest absolute Gasteiger partial charge is 0.481 e. The molecule has 1 N–H and O–H groups in total. The number of hydrogen-bond donors (Lipinski definition) is 1. The summed E-state index contributed by atoms with van der Waals surface area (Å²) in [7, 11) is 0. The van der Waals surface area contributed by atoms with Gasteiger partial charge in [0.1, 0.15) is 17.3 Å². The highest BCUT2D eigenvalue weighted by molar-refractivity contribution is 7.99. The minimum atomic E-state index is -0.963. The number of rotatable bonds is 5. The van der Waals surface area contributed by atoms with Crippen LogP contribution in [0.2, 0.25) is 5.02 Å². The van der Waals surface area contributed by atoms with Gasteiger partial charge in [-0.3, -0.25) is 4.79 Å². The fraction of sp³-hybridized carbons (Fsp3) is 0.0588. The lowest BCUT2D eigenvalue weighted by molar-refractivity contribution is -0.133. The molecule has 4 nitrogen and oxygen atoms in total. The standard InChI is InChI=1S/C17H11ClFNO3S/c18-12-5-1-11(2-6-12)16-15(10-3-7-13(19)8-4-10)20-17(23-16)24-9-14(21)22/h1-8H,9H2,(H,21,22). The zero-order chi connectivity index (χ0) is 17.1. The van der Waals surface area contributed by atoms with Crippen molar-refractivity contribution in [2.24, 2.45) is 0 Å². The Hall–Kier alpha value is -2.31. The number of thioether (sulfide) groups is 1. The summed E-state index contributed by atoms with van der Waals surface area (Å²) in [5, 5.41) is 9.62. The van der Waals surface area contributed by atoms with Crippen molar-refractivity contribution >= 4 is 29.3 Å². The van der Waals surface area contributed by atoms with E-state index in [0.29, 0.717) is 22.0 Å². The minimum absolute atomic E-state index is 0.163. The number of halogens is 2. The van der Waals surface area contributed by atoms with Crippen molar-refractivity contribution in [2.75, 3.05) is 5.75 Å². The average Bonchev–Trinajstić information content (AvgIpc) is 2.98. The molecule has 2 aromatic carbocycles. The van der Waals surface area contributed by atoms with Crippen molar-refractivity contribution in [2.45, 2.75) is 5.22 Å². The van der Waals surface area contributed by atoms with Crippen LogP contribution in [0.15, 0.2) is 58.2 Å². The second-order valence-electron chi connectivity index (χ2n) is 4.85. The highest BCUT2D eigenvalue weighted by Crippen LogP contribution is 2.36. The van der Waals surface area contributed by atoms with Gasteiger partial charge in [-0.05, 0) is 48.5 Å². The van der Waals surface area contributed by atoms with Gasteiger partial charge in [0, 0.05) is 16.1 Å². The Balaban J connectivity index is 2.05. The fourth-order valence-electron chi connectivity index (χ4n) is 2.09. The maximum absolute atomic E-state index is 13.2. The van der Waals surface area contributed by atoms with E-state index in [9.17, 15) is 9.18 Å². The van der Waals surface area contributed by atoms with Crippen LogP contribution in [0.4, 0.5) is 4.39 Å². The Morgan fingerprint density at radius 3 is 2.38 bits per heavy atom. The molecule has 1 aromatic heterocycles. The van der Waals surface area contributed by atoms with Crippen LogP contribution in [-0.4, -0.2) is 21.8 Å². The highest BCUT2D eigenvalue weighted by atomic mass is 35.5. The lowest BCUT2D eigenvalue weighted by atomic mass is 10.1. The predicted molar refractivity (Wildman–Crippen MR) is 90.7 cm³/mol. The number of aliphatic carboxylic acids is 1. The van der Waals surface area contributed by atoms with Crippen LogP contribution in [0, 0.1) is 5.82 Å². The Morgan fingerprint density at radius 1 is 1.12 bits per heavy atom. The summed E-state index contributed by atoms with van der Waals surface area (Å²) in [6.45, 7) is 0.